The molecule has 0 aliphatic heterocycles. The Labute approximate surface area is 97.5 Å². The van der Waals surface area contributed by atoms with Crippen molar-refractivity contribution in [3.8, 4) is 11.4 Å². The van der Waals surface area contributed by atoms with Crippen molar-refractivity contribution in [1.29, 1.82) is 0 Å². The average Bonchev–Trinajstić information content (AvgIpc) is 2.77. The van der Waals surface area contributed by atoms with E-state index in [-0.39, 0.29) is 23.3 Å². The molecule has 0 bridgehead atoms. The van der Waals surface area contributed by atoms with Gasteiger partial charge in [0, 0.05) is 5.56 Å². The first-order chi connectivity index (χ1) is 8.08. The zero-order valence-corrected chi connectivity index (χ0v) is 9.48. The molecule has 2 rings (SSSR count). The Morgan fingerprint density at radius 2 is 2.24 bits per heavy atom. The van der Waals surface area contributed by atoms with Crippen LogP contribution in [0.2, 0.25) is 0 Å². The second kappa shape index (κ2) is 4.45. The number of rotatable bonds is 3. The third kappa shape index (κ3) is 2.38. The van der Waals surface area contributed by atoms with Crippen LogP contribution in [0.25, 0.3) is 11.4 Å². The molecule has 0 fully saturated rings. The topological polar surface area (TPSA) is 56.0 Å². The van der Waals surface area contributed by atoms with Crippen LogP contribution in [0, 0.1) is 5.82 Å². The maximum Gasteiger partial charge on any atom is 0.237 e. The predicted molar refractivity (Wildman–Crippen MR) is 58.8 cm³/mol. The molecule has 2 aromatic rings. The lowest BCUT2D eigenvalue weighted by atomic mass is 10.1. The molecule has 0 N–H and O–H groups in total. The molecule has 0 aliphatic rings. The number of halogens is 1. The number of ketones is 1. The van der Waals surface area contributed by atoms with E-state index in [1.807, 2.05) is 0 Å². The summed E-state index contributed by atoms with van der Waals surface area (Å²) in [5, 5.41) is 3.73. The summed E-state index contributed by atoms with van der Waals surface area (Å²) in [7, 11) is 0. The summed E-state index contributed by atoms with van der Waals surface area (Å²) in [5.74, 6) is -0.331. The first-order valence-electron chi connectivity index (χ1n) is 5.18. The fraction of sp³-hybridized carbons (Fsp3) is 0.250. The molecule has 1 heterocycles. The van der Waals surface area contributed by atoms with Gasteiger partial charge in [-0.1, -0.05) is 17.3 Å². The molecular formula is C12H11FN2O2. The molecular weight excluding hydrogens is 223 g/mol. The van der Waals surface area contributed by atoms with Crippen molar-refractivity contribution in [2.75, 3.05) is 0 Å². The molecule has 1 atom stereocenters. The van der Waals surface area contributed by atoms with Gasteiger partial charge >= 0.3 is 0 Å². The summed E-state index contributed by atoms with van der Waals surface area (Å²) in [4.78, 5) is 15.2. The van der Waals surface area contributed by atoms with Crippen molar-refractivity contribution < 1.29 is 13.7 Å². The lowest BCUT2D eigenvalue weighted by Gasteiger charge is -1.98. The third-order valence-corrected chi connectivity index (χ3v) is 2.50. The minimum absolute atomic E-state index is 0.0561. The fourth-order valence-electron chi connectivity index (χ4n) is 1.33. The van der Waals surface area contributed by atoms with Crippen molar-refractivity contribution in [1.82, 2.24) is 10.1 Å². The summed E-state index contributed by atoms with van der Waals surface area (Å²) in [6.07, 6.45) is 0. The monoisotopic (exact) mass is 234 g/mol. The Morgan fingerprint density at radius 1 is 1.47 bits per heavy atom. The van der Waals surface area contributed by atoms with Crippen LogP contribution in [0.1, 0.15) is 25.7 Å². The van der Waals surface area contributed by atoms with Crippen LogP contribution in [0.5, 0.6) is 0 Å². The summed E-state index contributed by atoms with van der Waals surface area (Å²) < 4.78 is 18.0. The van der Waals surface area contributed by atoms with Gasteiger partial charge in [-0.15, -0.1) is 0 Å². The molecule has 88 valence electrons. The van der Waals surface area contributed by atoms with Gasteiger partial charge in [-0.05, 0) is 26.0 Å². The van der Waals surface area contributed by atoms with Gasteiger partial charge in [-0.2, -0.15) is 4.98 Å². The molecule has 0 radical (unpaired) electrons. The van der Waals surface area contributed by atoms with Gasteiger partial charge in [0.15, 0.2) is 0 Å². The lowest BCUT2D eigenvalue weighted by Crippen LogP contribution is -2.04. The van der Waals surface area contributed by atoms with E-state index in [1.165, 1.54) is 19.1 Å². The molecule has 0 saturated carbocycles. The van der Waals surface area contributed by atoms with Crippen LogP contribution >= 0.6 is 0 Å². The Balaban J connectivity index is 2.33. The standard InChI is InChI=1S/C12H11FN2O2/c1-7(8(2)16)12-14-11(15-17-12)9-4-3-5-10(13)6-9/h3-7H,1-2H3. The van der Waals surface area contributed by atoms with E-state index in [4.69, 9.17) is 4.52 Å². The van der Waals surface area contributed by atoms with Crippen LogP contribution in [-0.4, -0.2) is 15.9 Å². The van der Waals surface area contributed by atoms with Gasteiger partial charge in [0.05, 0.1) is 5.92 Å². The normalized spacial score (nSPS) is 12.4. The van der Waals surface area contributed by atoms with Crippen molar-refractivity contribution >= 4 is 5.78 Å². The van der Waals surface area contributed by atoms with E-state index >= 15 is 0 Å². The van der Waals surface area contributed by atoms with Crippen LogP contribution in [0.15, 0.2) is 28.8 Å². The lowest BCUT2D eigenvalue weighted by molar-refractivity contribution is -0.118. The number of aromatic nitrogens is 2. The van der Waals surface area contributed by atoms with Gasteiger partial charge in [0.1, 0.15) is 11.6 Å². The van der Waals surface area contributed by atoms with Crippen LogP contribution < -0.4 is 0 Å². The minimum atomic E-state index is -0.440. The van der Waals surface area contributed by atoms with E-state index in [0.29, 0.717) is 5.56 Å². The molecule has 4 nitrogen and oxygen atoms in total. The maximum atomic E-state index is 13.0. The van der Waals surface area contributed by atoms with E-state index in [1.54, 1.807) is 19.1 Å². The zero-order chi connectivity index (χ0) is 12.4. The van der Waals surface area contributed by atoms with Crippen molar-refractivity contribution in [3.63, 3.8) is 0 Å². The van der Waals surface area contributed by atoms with Gasteiger partial charge < -0.3 is 4.52 Å². The quantitative estimate of drug-likeness (QED) is 0.819. The molecule has 0 aliphatic carbocycles. The van der Waals surface area contributed by atoms with Gasteiger partial charge in [-0.25, -0.2) is 4.39 Å². The largest absolute Gasteiger partial charge is 0.338 e. The zero-order valence-electron chi connectivity index (χ0n) is 9.48. The van der Waals surface area contributed by atoms with Gasteiger partial charge in [0.2, 0.25) is 11.7 Å². The first-order valence-corrected chi connectivity index (χ1v) is 5.18. The number of carbonyl (C=O) groups excluding carboxylic acids is 1. The molecule has 1 unspecified atom stereocenters. The van der Waals surface area contributed by atoms with Crippen molar-refractivity contribution in [2.24, 2.45) is 0 Å². The van der Waals surface area contributed by atoms with Gasteiger partial charge in [-0.3, -0.25) is 4.79 Å². The predicted octanol–water partition coefficient (Wildman–Crippen LogP) is 2.57. The van der Waals surface area contributed by atoms with Crippen LogP contribution in [0.3, 0.4) is 0 Å². The Hall–Kier alpha value is -2.04. The van der Waals surface area contributed by atoms with Crippen LogP contribution in [-0.2, 0) is 4.79 Å². The molecule has 1 aromatic carbocycles. The van der Waals surface area contributed by atoms with E-state index in [2.05, 4.69) is 10.1 Å². The summed E-state index contributed by atoms with van der Waals surface area (Å²) in [6.45, 7) is 3.14. The SMILES string of the molecule is CC(=O)C(C)c1nc(-c2cccc(F)c2)no1. The summed E-state index contributed by atoms with van der Waals surface area (Å²) in [5.41, 5.74) is 0.524. The summed E-state index contributed by atoms with van der Waals surface area (Å²) >= 11 is 0. The average molecular weight is 234 g/mol. The number of nitrogens with zero attached hydrogens (tertiary/aromatic N) is 2. The maximum absolute atomic E-state index is 13.0. The molecule has 5 heteroatoms. The second-order valence-electron chi connectivity index (χ2n) is 3.80. The number of carbonyl (C=O) groups is 1. The highest BCUT2D eigenvalue weighted by Gasteiger charge is 2.18. The molecule has 17 heavy (non-hydrogen) atoms. The minimum Gasteiger partial charge on any atom is -0.338 e. The number of benzene rings is 1. The Morgan fingerprint density at radius 3 is 2.88 bits per heavy atom. The van der Waals surface area contributed by atoms with E-state index in [9.17, 15) is 9.18 Å². The number of hydrogen-bond donors (Lipinski definition) is 0. The van der Waals surface area contributed by atoms with Crippen molar-refractivity contribution in [3.05, 3.63) is 36.0 Å². The van der Waals surface area contributed by atoms with Crippen LogP contribution in [0.4, 0.5) is 4.39 Å². The highest BCUT2D eigenvalue weighted by Crippen LogP contribution is 2.20. The third-order valence-electron chi connectivity index (χ3n) is 2.50. The number of Topliss-reactive ketones (excluding diaryl/α,β-unsaturated/α-hetero) is 1. The highest BCUT2D eigenvalue weighted by atomic mass is 19.1. The molecule has 0 amide bonds. The smallest absolute Gasteiger partial charge is 0.237 e. The first kappa shape index (κ1) is 11.4. The van der Waals surface area contributed by atoms with E-state index in [0.717, 1.165) is 0 Å². The molecule has 0 saturated heterocycles. The number of hydrogen-bond acceptors (Lipinski definition) is 4. The van der Waals surface area contributed by atoms with Gasteiger partial charge in [0.25, 0.3) is 0 Å². The second-order valence-corrected chi connectivity index (χ2v) is 3.80. The Bertz CT molecular complexity index is 551. The molecule has 0 spiro atoms. The van der Waals surface area contributed by atoms with E-state index < -0.39 is 5.92 Å². The van der Waals surface area contributed by atoms with Crippen molar-refractivity contribution in [2.45, 2.75) is 19.8 Å². The molecule has 1 aromatic heterocycles. The highest BCUT2D eigenvalue weighted by molar-refractivity contribution is 5.81. The Kier molecular flexibility index (Phi) is 2.99. The summed E-state index contributed by atoms with van der Waals surface area (Å²) in [6, 6.07) is 5.89. The fourth-order valence-corrected chi connectivity index (χ4v) is 1.33.